The van der Waals surface area contributed by atoms with Gasteiger partial charge >= 0.3 is 5.91 Å². The van der Waals surface area contributed by atoms with Crippen molar-refractivity contribution in [3.05, 3.63) is 133 Å². The molecule has 0 saturated heterocycles. The molecule has 0 spiro atoms. The number of amides is 1. The number of aromatic nitrogens is 1. The summed E-state index contributed by atoms with van der Waals surface area (Å²) in [5, 5.41) is 4.45. The molecule has 5 aromatic rings. The summed E-state index contributed by atoms with van der Waals surface area (Å²) in [7, 11) is 0. The standard InChI is InChI=1S/C32H26Br2ClN3O4/c1-20-3-4-21(2)38(20)25-8-10-26(11-9-25)40-19-27-12-14-31(42-27)32(39)37-36-17-22-5-13-30(29(35)15-22)41-18-23-6-7-24(33)16-28(23)34/h3-17H,18-19H2,1-2H3,(H,37,39)/b36-17+. The van der Waals surface area contributed by atoms with Gasteiger partial charge in [-0.3, -0.25) is 4.79 Å². The summed E-state index contributed by atoms with van der Waals surface area (Å²) in [6.45, 7) is 4.68. The van der Waals surface area contributed by atoms with Crippen molar-refractivity contribution >= 4 is 55.6 Å². The van der Waals surface area contributed by atoms with Crippen molar-refractivity contribution in [3.63, 3.8) is 0 Å². The molecule has 42 heavy (non-hydrogen) atoms. The van der Waals surface area contributed by atoms with Crippen molar-refractivity contribution in [2.24, 2.45) is 5.10 Å². The summed E-state index contributed by atoms with van der Waals surface area (Å²) in [6, 6.07) is 26.4. The van der Waals surface area contributed by atoms with E-state index in [2.05, 4.69) is 72.9 Å². The van der Waals surface area contributed by atoms with Crippen molar-refractivity contribution in [1.29, 1.82) is 0 Å². The molecule has 5 rings (SSSR count). The number of rotatable bonds is 10. The largest absolute Gasteiger partial charge is 0.487 e. The number of benzene rings is 3. The van der Waals surface area contributed by atoms with E-state index in [-0.39, 0.29) is 12.4 Å². The van der Waals surface area contributed by atoms with Gasteiger partial charge in [0.1, 0.15) is 30.5 Å². The van der Waals surface area contributed by atoms with Gasteiger partial charge in [0.25, 0.3) is 0 Å². The van der Waals surface area contributed by atoms with Crippen molar-refractivity contribution in [2.45, 2.75) is 27.1 Å². The van der Waals surface area contributed by atoms with Crippen LogP contribution in [0.1, 0.15) is 38.8 Å². The van der Waals surface area contributed by atoms with E-state index in [1.165, 1.54) is 17.6 Å². The fraction of sp³-hybridized carbons (Fsp3) is 0.125. The van der Waals surface area contributed by atoms with Crippen LogP contribution < -0.4 is 14.9 Å². The zero-order valence-electron chi connectivity index (χ0n) is 22.7. The average Bonchev–Trinajstić information content (AvgIpc) is 3.58. The molecule has 0 saturated carbocycles. The molecule has 3 aromatic carbocycles. The van der Waals surface area contributed by atoms with E-state index in [4.69, 9.17) is 25.5 Å². The molecule has 0 fully saturated rings. The molecule has 0 bridgehead atoms. The average molecular weight is 712 g/mol. The molecule has 0 aliphatic heterocycles. The Morgan fingerprint density at radius 2 is 1.69 bits per heavy atom. The molecule has 2 aromatic heterocycles. The Bertz CT molecular complexity index is 1730. The molecule has 0 radical (unpaired) electrons. The summed E-state index contributed by atoms with van der Waals surface area (Å²) in [5.41, 5.74) is 7.55. The Morgan fingerprint density at radius 3 is 2.40 bits per heavy atom. The van der Waals surface area contributed by atoms with Crippen LogP contribution in [0.3, 0.4) is 0 Å². The van der Waals surface area contributed by atoms with Crippen LogP contribution in [0.5, 0.6) is 11.5 Å². The predicted molar refractivity (Wildman–Crippen MR) is 171 cm³/mol. The lowest BCUT2D eigenvalue weighted by Gasteiger charge is -2.10. The first-order valence-electron chi connectivity index (χ1n) is 12.9. The highest BCUT2D eigenvalue weighted by atomic mass is 79.9. The molecule has 0 aliphatic rings. The third kappa shape index (κ3) is 7.34. The molecule has 1 N–H and O–H groups in total. The maximum Gasteiger partial charge on any atom is 0.307 e. The van der Waals surface area contributed by atoms with Gasteiger partial charge in [-0.1, -0.05) is 49.5 Å². The fourth-order valence-corrected chi connectivity index (χ4v) is 5.63. The first-order chi connectivity index (χ1) is 20.3. The third-order valence-electron chi connectivity index (χ3n) is 6.37. The van der Waals surface area contributed by atoms with Crippen LogP contribution in [-0.2, 0) is 13.2 Å². The number of hydrazone groups is 1. The molecular weight excluding hydrogens is 686 g/mol. The van der Waals surface area contributed by atoms with Crippen LogP contribution in [-0.4, -0.2) is 16.7 Å². The van der Waals surface area contributed by atoms with E-state index in [1.807, 2.05) is 42.5 Å². The quantitative estimate of drug-likeness (QED) is 0.116. The van der Waals surface area contributed by atoms with Crippen LogP contribution in [0.25, 0.3) is 5.69 Å². The van der Waals surface area contributed by atoms with Crippen LogP contribution in [0.2, 0.25) is 5.02 Å². The maximum atomic E-state index is 12.5. The van der Waals surface area contributed by atoms with Crippen LogP contribution in [0, 0.1) is 13.8 Å². The second-order valence-corrected chi connectivity index (χ2v) is 11.6. The number of furan rings is 1. The third-order valence-corrected chi connectivity index (χ3v) is 7.89. The molecule has 0 aliphatic carbocycles. The summed E-state index contributed by atoms with van der Waals surface area (Å²) in [4.78, 5) is 12.5. The number of aryl methyl sites for hydroxylation is 2. The van der Waals surface area contributed by atoms with E-state index in [0.717, 1.165) is 20.2 Å². The molecule has 10 heteroatoms. The monoisotopic (exact) mass is 709 g/mol. The predicted octanol–water partition coefficient (Wildman–Crippen LogP) is 8.79. The van der Waals surface area contributed by atoms with E-state index in [1.54, 1.807) is 30.3 Å². The number of carbonyl (C=O) groups is 1. The molecule has 2 heterocycles. The summed E-state index contributed by atoms with van der Waals surface area (Å²) < 4.78 is 21.4. The lowest BCUT2D eigenvalue weighted by atomic mass is 10.2. The van der Waals surface area contributed by atoms with Gasteiger partial charge < -0.3 is 18.5 Å². The number of ether oxygens (including phenoxy) is 2. The number of halogens is 3. The number of hydrogen-bond acceptors (Lipinski definition) is 5. The van der Waals surface area contributed by atoms with E-state index in [0.29, 0.717) is 34.5 Å². The number of hydrogen-bond donors (Lipinski definition) is 1. The molecule has 0 unspecified atom stereocenters. The Kier molecular flexibility index (Phi) is 9.51. The summed E-state index contributed by atoms with van der Waals surface area (Å²) >= 11 is 13.4. The maximum absolute atomic E-state index is 12.5. The van der Waals surface area contributed by atoms with Gasteiger partial charge in [-0.15, -0.1) is 0 Å². The Hall–Kier alpha value is -3.79. The minimum Gasteiger partial charge on any atom is -0.487 e. The van der Waals surface area contributed by atoms with Crippen LogP contribution in [0.15, 0.2) is 103 Å². The topological polar surface area (TPSA) is 78.0 Å². The lowest BCUT2D eigenvalue weighted by molar-refractivity contribution is 0.0923. The Morgan fingerprint density at radius 1 is 0.929 bits per heavy atom. The highest BCUT2D eigenvalue weighted by molar-refractivity contribution is 9.11. The van der Waals surface area contributed by atoms with Gasteiger partial charge in [0.05, 0.1) is 11.2 Å². The van der Waals surface area contributed by atoms with E-state index < -0.39 is 5.91 Å². The smallest absolute Gasteiger partial charge is 0.307 e. The minimum absolute atomic E-state index is 0.125. The van der Waals surface area contributed by atoms with Gasteiger partial charge in [0.15, 0.2) is 5.76 Å². The first kappa shape index (κ1) is 29.7. The van der Waals surface area contributed by atoms with E-state index in [9.17, 15) is 4.79 Å². The molecule has 7 nitrogen and oxygen atoms in total. The molecule has 0 atom stereocenters. The van der Waals surface area contributed by atoms with Gasteiger partial charge in [-0.25, -0.2) is 5.43 Å². The van der Waals surface area contributed by atoms with Crippen LogP contribution in [0.4, 0.5) is 0 Å². The SMILES string of the molecule is Cc1ccc(C)n1-c1ccc(OCc2ccc(C(=O)N/N=C/c3ccc(OCc4ccc(Br)cc4Br)c(Cl)c3)o2)cc1. The van der Waals surface area contributed by atoms with Gasteiger partial charge in [-0.2, -0.15) is 5.10 Å². The molecular formula is C32H26Br2ClN3O4. The zero-order valence-corrected chi connectivity index (χ0v) is 26.7. The Balaban J connectivity index is 1.11. The molecule has 1 amide bonds. The summed E-state index contributed by atoms with van der Waals surface area (Å²) in [5.74, 6) is 1.40. The second kappa shape index (κ2) is 13.5. The van der Waals surface area contributed by atoms with Crippen molar-refractivity contribution < 1.29 is 18.7 Å². The van der Waals surface area contributed by atoms with E-state index >= 15 is 0 Å². The molecule has 214 valence electrons. The van der Waals surface area contributed by atoms with Crippen molar-refractivity contribution in [3.8, 4) is 17.2 Å². The number of nitrogens with zero attached hydrogens (tertiary/aromatic N) is 2. The normalized spacial score (nSPS) is 11.2. The second-order valence-electron chi connectivity index (χ2n) is 9.41. The van der Waals surface area contributed by atoms with Crippen molar-refractivity contribution in [2.75, 3.05) is 0 Å². The lowest BCUT2D eigenvalue weighted by Crippen LogP contribution is -2.16. The highest BCUT2D eigenvalue weighted by Gasteiger charge is 2.12. The highest BCUT2D eigenvalue weighted by Crippen LogP contribution is 2.28. The minimum atomic E-state index is -0.481. The van der Waals surface area contributed by atoms with Crippen molar-refractivity contribution in [1.82, 2.24) is 9.99 Å². The Labute approximate surface area is 265 Å². The first-order valence-corrected chi connectivity index (χ1v) is 14.9. The van der Waals surface area contributed by atoms with Crippen LogP contribution >= 0.6 is 43.5 Å². The van der Waals surface area contributed by atoms with Gasteiger partial charge in [0, 0.05) is 31.6 Å². The summed E-state index contributed by atoms with van der Waals surface area (Å²) in [6.07, 6.45) is 1.49. The fourth-order valence-electron chi connectivity index (χ4n) is 4.23. The number of nitrogens with one attached hydrogen (secondary N) is 1. The zero-order chi connectivity index (χ0) is 29.6. The number of carbonyl (C=O) groups excluding carboxylic acids is 1. The van der Waals surface area contributed by atoms with Gasteiger partial charge in [0.2, 0.25) is 0 Å². The van der Waals surface area contributed by atoms with Gasteiger partial charge in [-0.05, 0) is 98.3 Å².